The van der Waals surface area contributed by atoms with Gasteiger partial charge in [-0.15, -0.1) is 0 Å². The Labute approximate surface area is 192 Å². The number of hydrogen-bond acceptors (Lipinski definition) is 5. The van der Waals surface area contributed by atoms with Crippen molar-refractivity contribution in [1.29, 1.82) is 0 Å². The van der Waals surface area contributed by atoms with Crippen LogP contribution in [0.5, 0.6) is 0 Å². The molecule has 2 saturated heterocycles. The zero-order valence-corrected chi connectivity index (χ0v) is 20.0. The van der Waals surface area contributed by atoms with Crippen LogP contribution in [0.15, 0.2) is 29.8 Å². The van der Waals surface area contributed by atoms with E-state index in [0.29, 0.717) is 12.5 Å². The lowest BCUT2D eigenvalue weighted by Gasteiger charge is -2.52. The number of rotatable bonds is 3. The molecule has 0 unspecified atom stereocenters. The number of aliphatic hydroxyl groups excluding tert-OH is 1. The Morgan fingerprint density at radius 3 is 2.66 bits per heavy atom. The third kappa shape index (κ3) is 3.49. The van der Waals surface area contributed by atoms with Crippen LogP contribution in [-0.2, 0) is 9.53 Å². The lowest BCUT2D eigenvalue weighted by molar-refractivity contribution is -0.145. The second kappa shape index (κ2) is 8.18. The maximum Gasteiger partial charge on any atom is 0.311 e. The van der Waals surface area contributed by atoms with E-state index in [2.05, 4.69) is 61.8 Å². The van der Waals surface area contributed by atoms with E-state index in [1.54, 1.807) is 0 Å². The Kier molecular flexibility index (Phi) is 5.61. The van der Waals surface area contributed by atoms with Crippen molar-refractivity contribution in [2.24, 2.45) is 23.2 Å². The number of hydrogen-bond donors (Lipinski definition) is 1. The van der Waals surface area contributed by atoms with Crippen molar-refractivity contribution in [2.75, 3.05) is 37.6 Å². The number of fused-ring (bicyclic) bond motifs is 2. The molecule has 1 aromatic rings. The lowest BCUT2D eigenvalue weighted by atomic mass is 9.55. The molecule has 3 fully saturated rings. The Morgan fingerprint density at radius 2 is 1.94 bits per heavy atom. The topological polar surface area (TPSA) is 53.0 Å². The average molecular weight is 439 g/mol. The van der Waals surface area contributed by atoms with Gasteiger partial charge < -0.3 is 14.7 Å². The van der Waals surface area contributed by atoms with Gasteiger partial charge in [0.15, 0.2) is 0 Å². The molecule has 5 rings (SSSR count). The lowest BCUT2D eigenvalue weighted by Crippen LogP contribution is -2.55. The largest absolute Gasteiger partial charge is 0.461 e. The monoisotopic (exact) mass is 438 g/mol. The Bertz CT molecular complexity index is 919. The van der Waals surface area contributed by atoms with Crippen LogP contribution in [0, 0.1) is 37.0 Å². The van der Waals surface area contributed by atoms with Gasteiger partial charge in [-0.3, -0.25) is 9.69 Å². The third-order valence-electron chi connectivity index (χ3n) is 9.09. The molecule has 174 valence electrons. The molecule has 4 aliphatic rings. The number of piperazine rings is 1. The van der Waals surface area contributed by atoms with E-state index in [0.717, 1.165) is 45.4 Å². The van der Waals surface area contributed by atoms with Crippen LogP contribution in [0.25, 0.3) is 0 Å². The van der Waals surface area contributed by atoms with Crippen molar-refractivity contribution in [3.63, 3.8) is 0 Å². The van der Waals surface area contributed by atoms with E-state index in [4.69, 9.17) is 4.74 Å². The van der Waals surface area contributed by atoms with Crippen LogP contribution in [0.4, 0.5) is 5.69 Å². The second-order valence-electron chi connectivity index (χ2n) is 10.9. The molecule has 0 aromatic heterocycles. The number of benzene rings is 1. The molecule has 2 heterocycles. The smallest absolute Gasteiger partial charge is 0.311 e. The maximum absolute atomic E-state index is 12.9. The van der Waals surface area contributed by atoms with Gasteiger partial charge in [-0.25, -0.2) is 0 Å². The van der Waals surface area contributed by atoms with E-state index in [9.17, 15) is 9.90 Å². The first-order valence-corrected chi connectivity index (χ1v) is 12.4. The number of ether oxygens (including phenoxy) is 1. The number of aryl methyl sites for hydroxylation is 2. The maximum atomic E-state index is 12.9. The number of nitrogens with zero attached hydrogens (tertiary/aromatic N) is 2. The summed E-state index contributed by atoms with van der Waals surface area (Å²) in [5.41, 5.74) is 5.01. The van der Waals surface area contributed by atoms with Gasteiger partial charge in [-0.05, 0) is 44.2 Å². The minimum absolute atomic E-state index is 0.0948. The highest BCUT2D eigenvalue weighted by molar-refractivity contribution is 5.76. The van der Waals surface area contributed by atoms with Crippen molar-refractivity contribution >= 4 is 11.7 Å². The van der Waals surface area contributed by atoms with Crippen LogP contribution in [0.3, 0.4) is 0 Å². The van der Waals surface area contributed by atoms with E-state index < -0.39 is 6.10 Å². The van der Waals surface area contributed by atoms with Gasteiger partial charge in [-0.2, -0.15) is 0 Å². The molecule has 32 heavy (non-hydrogen) atoms. The van der Waals surface area contributed by atoms with E-state index in [-0.39, 0.29) is 29.3 Å². The zero-order chi connectivity index (χ0) is 22.6. The highest BCUT2D eigenvalue weighted by atomic mass is 16.6. The van der Waals surface area contributed by atoms with Crippen molar-refractivity contribution in [2.45, 2.75) is 59.2 Å². The summed E-state index contributed by atoms with van der Waals surface area (Å²) in [6, 6.07) is 6.66. The van der Waals surface area contributed by atoms with Crippen molar-refractivity contribution in [3.05, 3.63) is 41.0 Å². The summed E-state index contributed by atoms with van der Waals surface area (Å²) in [5.74, 6) is 0.000175. The third-order valence-corrected chi connectivity index (χ3v) is 9.09. The first kappa shape index (κ1) is 22.0. The summed E-state index contributed by atoms with van der Waals surface area (Å²) in [6.07, 6.45) is 4.59. The standard InChI is InChI=1S/C27H38N2O3/c1-17-8-9-22(18(2)14-17)29-12-10-28(11-13-29)16-21-24-23(32-26(21)31)15-20-7-5-6-19(3)27(20,4)25(24)30/h7-9,14,19,21,23-25,30H,5-6,10-13,15-16H2,1-4H3/t19-,21+,23-,24-,25+,27-/m1/s1. The molecule has 6 atom stereocenters. The van der Waals surface area contributed by atoms with Crippen molar-refractivity contribution < 1.29 is 14.6 Å². The van der Waals surface area contributed by atoms with Crippen LogP contribution >= 0.6 is 0 Å². The fraction of sp³-hybridized carbons (Fsp3) is 0.667. The van der Waals surface area contributed by atoms with Gasteiger partial charge in [0.25, 0.3) is 0 Å². The number of esters is 1. The first-order valence-electron chi connectivity index (χ1n) is 12.4. The molecule has 1 saturated carbocycles. The molecule has 1 N–H and O–H groups in total. The minimum Gasteiger partial charge on any atom is -0.461 e. The molecule has 0 amide bonds. The quantitative estimate of drug-likeness (QED) is 0.576. The number of carbonyl (C=O) groups excluding carboxylic acids is 1. The molecule has 0 spiro atoms. The van der Waals surface area contributed by atoms with Crippen LogP contribution in [0.2, 0.25) is 0 Å². The summed E-state index contributed by atoms with van der Waals surface area (Å²) in [5, 5.41) is 11.6. The predicted molar refractivity (Wildman–Crippen MR) is 127 cm³/mol. The van der Waals surface area contributed by atoms with Gasteiger partial charge in [0.05, 0.1) is 12.0 Å². The first-order chi connectivity index (χ1) is 15.3. The fourth-order valence-electron chi connectivity index (χ4n) is 6.88. The fourth-order valence-corrected chi connectivity index (χ4v) is 6.88. The number of aliphatic hydroxyl groups is 1. The van der Waals surface area contributed by atoms with E-state index in [1.165, 1.54) is 22.4 Å². The van der Waals surface area contributed by atoms with Gasteiger partial charge in [0, 0.05) is 56.2 Å². The van der Waals surface area contributed by atoms with Crippen molar-refractivity contribution in [1.82, 2.24) is 4.90 Å². The minimum atomic E-state index is -0.518. The molecule has 2 aliphatic heterocycles. The van der Waals surface area contributed by atoms with E-state index in [1.807, 2.05) is 0 Å². The molecule has 0 radical (unpaired) electrons. The molecular formula is C27H38N2O3. The highest BCUT2D eigenvalue weighted by Gasteiger charge is 2.59. The number of carbonyl (C=O) groups is 1. The van der Waals surface area contributed by atoms with E-state index >= 15 is 0 Å². The summed E-state index contributed by atoms with van der Waals surface area (Å²) in [7, 11) is 0. The second-order valence-corrected chi connectivity index (χ2v) is 10.9. The van der Waals surface area contributed by atoms with Crippen LogP contribution in [0.1, 0.15) is 44.2 Å². The summed E-state index contributed by atoms with van der Waals surface area (Å²) in [6.45, 7) is 13.3. The molecule has 5 heteroatoms. The Balaban J connectivity index is 1.27. The van der Waals surface area contributed by atoms with Gasteiger partial charge in [0.1, 0.15) is 6.10 Å². The molecular weight excluding hydrogens is 400 g/mol. The van der Waals surface area contributed by atoms with Gasteiger partial charge in [0.2, 0.25) is 0 Å². The predicted octanol–water partition coefficient (Wildman–Crippen LogP) is 3.71. The van der Waals surface area contributed by atoms with Crippen molar-refractivity contribution in [3.8, 4) is 0 Å². The molecule has 2 aliphatic carbocycles. The average Bonchev–Trinajstić information content (AvgIpc) is 3.06. The number of anilines is 1. The molecule has 5 nitrogen and oxygen atoms in total. The zero-order valence-electron chi connectivity index (χ0n) is 20.0. The SMILES string of the molecule is Cc1ccc(N2CCN(C[C@@H]3C(=O)O[C@@H]4CC5=CCC[C@@H](C)[C@@]5(C)[C@@H](O)[C@H]34)CC2)c(C)c1. The molecule has 1 aromatic carbocycles. The Hall–Kier alpha value is -1.85. The highest BCUT2D eigenvalue weighted by Crippen LogP contribution is 2.56. The van der Waals surface area contributed by atoms with Crippen LogP contribution < -0.4 is 4.90 Å². The van der Waals surface area contributed by atoms with Gasteiger partial charge >= 0.3 is 5.97 Å². The molecule has 0 bridgehead atoms. The van der Waals surface area contributed by atoms with Gasteiger partial charge in [-0.1, -0.05) is 43.2 Å². The number of allylic oxidation sites excluding steroid dienone is 1. The summed E-state index contributed by atoms with van der Waals surface area (Å²) < 4.78 is 5.86. The normalized spacial score (nSPS) is 37.5. The Morgan fingerprint density at radius 1 is 1.19 bits per heavy atom. The van der Waals surface area contributed by atoms with Crippen LogP contribution in [-0.4, -0.2) is 60.9 Å². The summed E-state index contributed by atoms with van der Waals surface area (Å²) in [4.78, 5) is 17.8. The summed E-state index contributed by atoms with van der Waals surface area (Å²) >= 11 is 0.